The number of hydrogen-bond acceptors (Lipinski definition) is 4. The molecule has 1 unspecified atom stereocenters. The van der Waals surface area contributed by atoms with E-state index in [0.29, 0.717) is 13.2 Å². The van der Waals surface area contributed by atoms with Gasteiger partial charge in [-0.2, -0.15) is 0 Å². The van der Waals surface area contributed by atoms with E-state index in [1.165, 1.54) is 0 Å². The van der Waals surface area contributed by atoms with E-state index >= 15 is 0 Å². The molecule has 4 nitrogen and oxygen atoms in total. The Morgan fingerprint density at radius 2 is 2.15 bits per heavy atom. The van der Waals surface area contributed by atoms with Gasteiger partial charge < -0.3 is 14.8 Å². The average molecular weight is 274 g/mol. The molecule has 0 radical (unpaired) electrons. The zero-order chi connectivity index (χ0) is 14.2. The zero-order valence-electron chi connectivity index (χ0n) is 12.1. The predicted octanol–water partition coefficient (Wildman–Crippen LogP) is 2.63. The molecule has 1 heterocycles. The van der Waals surface area contributed by atoms with Crippen LogP contribution in [-0.2, 0) is 4.74 Å². The van der Waals surface area contributed by atoms with Crippen LogP contribution in [0.25, 0.3) is 10.9 Å². The summed E-state index contributed by atoms with van der Waals surface area (Å²) >= 11 is 0. The van der Waals surface area contributed by atoms with Gasteiger partial charge in [-0.25, -0.2) is 0 Å². The van der Waals surface area contributed by atoms with Gasteiger partial charge in [0.15, 0.2) is 0 Å². The standard InChI is InChI=1S/C16H22N2O2/c1-3-8-17-14(11-19-2)12-20-15-7-6-13-5-4-9-18-16(13)10-15/h4-7,9-10,14,17H,3,8,11-12H2,1-2H3. The molecular formula is C16H22N2O2. The quantitative estimate of drug-likeness (QED) is 0.803. The van der Waals surface area contributed by atoms with Crippen LogP contribution < -0.4 is 10.1 Å². The Labute approximate surface area is 120 Å². The summed E-state index contributed by atoms with van der Waals surface area (Å²) in [5.74, 6) is 0.843. The van der Waals surface area contributed by atoms with E-state index < -0.39 is 0 Å². The van der Waals surface area contributed by atoms with Crippen LogP contribution in [0.5, 0.6) is 5.75 Å². The summed E-state index contributed by atoms with van der Waals surface area (Å²) in [5.41, 5.74) is 0.954. The fourth-order valence-electron chi connectivity index (χ4n) is 2.05. The second-order valence-electron chi connectivity index (χ2n) is 4.78. The van der Waals surface area contributed by atoms with Crippen molar-refractivity contribution in [2.45, 2.75) is 19.4 Å². The number of pyridine rings is 1. The molecular weight excluding hydrogens is 252 g/mol. The summed E-state index contributed by atoms with van der Waals surface area (Å²) in [6.07, 6.45) is 2.89. The smallest absolute Gasteiger partial charge is 0.121 e. The van der Waals surface area contributed by atoms with Gasteiger partial charge in [-0.1, -0.05) is 13.0 Å². The number of nitrogens with zero attached hydrogens (tertiary/aromatic N) is 1. The lowest BCUT2D eigenvalue weighted by molar-refractivity contribution is 0.136. The molecule has 1 aromatic heterocycles. The second-order valence-corrected chi connectivity index (χ2v) is 4.78. The van der Waals surface area contributed by atoms with Gasteiger partial charge in [0.1, 0.15) is 12.4 Å². The summed E-state index contributed by atoms with van der Waals surface area (Å²) < 4.78 is 11.0. The lowest BCUT2D eigenvalue weighted by Gasteiger charge is -2.18. The van der Waals surface area contributed by atoms with Crippen LogP contribution >= 0.6 is 0 Å². The Morgan fingerprint density at radius 3 is 2.95 bits per heavy atom. The van der Waals surface area contributed by atoms with Crippen LogP contribution in [0.3, 0.4) is 0 Å². The highest BCUT2D eigenvalue weighted by Crippen LogP contribution is 2.18. The molecule has 0 spiro atoms. The lowest BCUT2D eigenvalue weighted by atomic mass is 10.2. The van der Waals surface area contributed by atoms with Crippen molar-refractivity contribution in [1.29, 1.82) is 0 Å². The summed E-state index contributed by atoms with van der Waals surface area (Å²) in [6.45, 7) is 4.35. The maximum Gasteiger partial charge on any atom is 0.121 e. The number of nitrogens with one attached hydrogen (secondary N) is 1. The third-order valence-electron chi connectivity index (χ3n) is 3.08. The first-order chi connectivity index (χ1) is 9.83. The first-order valence-electron chi connectivity index (χ1n) is 7.03. The number of hydrogen-bond donors (Lipinski definition) is 1. The predicted molar refractivity (Wildman–Crippen MR) is 81.2 cm³/mol. The Balaban J connectivity index is 1.96. The highest BCUT2D eigenvalue weighted by Gasteiger charge is 2.08. The third kappa shape index (κ3) is 4.18. The average Bonchev–Trinajstić information content (AvgIpc) is 2.50. The van der Waals surface area contributed by atoms with E-state index in [0.717, 1.165) is 29.6 Å². The first-order valence-corrected chi connectivity index (χ1v) is 7.03. The monoisotopic (exact) mass is 274 g/mol. The number of methoxy groups -OCH3 is 1. The van der Waals surface area contributed by atoms with Gasteiger partial charge in [0.25, 0.3) is 0 Å². The molecule has 0 aliphatic rings. The number of rotatable bonds is 8. The van der Waals surface area contributed by atoms with Crippen LogP contribution in [0.4, 0.5) is 0 Å². The molecule has 0 saturated heterocycles. The van der Waals surface area contributed by atoms with Crippen LogP contribution in [0, 0.1) is 0 Å². The highest BCUT2D eigenvalue weighted by molar-refractivity contribution is 5.79. The Hall–Kier alpha value is -1.65. The first kappa shape index (κ1) is 14.8. The van der Waals surface area contributed by atoms with Gasteiger partial charge in [-0.05, 0) is 31.2 Å². The molecule has 20 heavy (non-hydrogen) atoms. The van der Waals surface area contributed by atoms with Crippen LogP contribution in [0.2, 0.25) is 0 Å². The van der Waals surface area contributed by atoms with Crippen molar-refractivity contribution in [1.82, 2.24) is 10.3 Å². The van der Waals surface area contributed by atoms with Gasteiger partial charge in [0.2, 0.25) is 0 Å². The third-order valence-corrected chi connectivity index (χ3v) is 3.08. The Kier molecular flexibility index (Phi) is 5.77. The van der Waals surface area contributed by atoms with E-state index in [1.54, 1.807) is 13.3 Å². The molecule has 1 N–H and O–H groups in total. The van der Waals surface area contributed by atoms with E-state index in [1.807, 2.05) is 30.3 Å². The molecule has 2 rings (SSSR count). The van der Waals surface area contributed by atoms with Crippen molar-refractivity contribution >= 4 is 10.9 Å². The van der Waals surface area contributed by atoms with E-state index in [4.69, 9.17) is 9.47 Å². The van der Waals surface area contributed by atoms with E-state index in [2.05, 4.69) is 17.2 Å². The Bertz CT molecular complexity index is 531. The SMILES string of the molecule is CCCNC(COC)COc1ccc2cccnc2c1. The van der Waals surface area contributed by atoms with Crippen molar-refractivity contribution in [3.05, 3.63) is 36.5 Å². The molecule has 0 saturated carbocycles. The summed E-state index contributed by atoms with van der Waals surface area (Å²) in [4.78, 5) is 4.33. The maximum absolute atomic E-state index is 5.84. The van der Waals surface area contributed by atoms with Gasteiger partial charge in [0.05, 0.1) is 18.2 Å². The Morgan fingerprint density at radius 1 is 1.25 bits per heavy atom. The van der Waals surface area contributed by atoms with Gasteiger partial charge >= 0.3 is 0 Å². The van der Waals surface area contributed by atoms with Crippen molar-refractivity contribution < 1.29 is 9.47 Å². The maximum atomic E-state index is 5.84. The minimum absolute atomic E-state index is 0.208. The number of fused-ring (bicyclic) bond motifs is 1. The molecule has 0 aliphatic carbocycles. The molecule has 0 amide bonds. The van der Waals surface area contributed by atoms with Crippen molar-refractivity contribution in [2.24, 2.45) is 0 Å². The van der Waals surface area contributed by atoms with Crippen molar-refractivity contribution in [3.8, 4) is 5.75 Å². The van der Waals surface area contributed by atoms with Gasteiger partial charge in [-0.3, -0.25) is 4.98 Å². The summed E-state index contributed by atoms with van der Waals surface area (Å²) in [7, 11) is 1.71. The zero-order valence-corrected chi connectivity index (χ0v) is 12.1. The van der Waals surface area contributed by atoms with Gasteiger partial charge in [-0.15, -0.1) is 0 Å². The van der Waals surface area contributed by atoms with Crippen LogP contribution in [-0.4, -0.2) is 37.9 Å². The number of aromatic nitrogens is 1. The second kappa shape index (κ2) is 7.82. The number of ether oxygens (including phenoxy) is 2. The minimum atomic E-state index is 0.208. The molecule has 0 aliphatic heterocycles. The summed E-state index contributed by atoms with van der Waals surface area (Å²) in [6, 6.07) is 10.2. The fraction of sp³-hybridized carbons (Fsp3) is 0.438. The van der Waals surface area contributed by atoms with Crippen molar-refractivity contribution in [3.63, 3.8) is 0 Å². The van der Waals surface area contributed by atoms with E-state index in [9.17, 15) is 0 Å². The molecule has 4 heteroatoms. The van der Waals surface area contributed by atoms with Crippen LogP contribution in [0.15, 0.2) is 36.5 Å². The molecule has 0 bridgehead atoms. The largest absolute Gasteiger partial charge is 0.492 e. The number of benzene rings is 1. The molecule has 1 atom stereocenters. The minimum Gasteiger partial charge on any atom is -0.492 e. The fourth-order valence-corrected chi connectivity index (χ4v) is 2.05. The molecule has 108 valence electrons. The van der Waals surface area contributed by atoms with Crippen LogP contribution in [0.1, 0.15) is 13.3 Å². The molecule has 2 aromatic rings. The normalized spacial score (nSPS) is 12.5. The lowest BCUT2D eigenvalue weighted by Crippen LogP contribution is -2.38. The van der Waals surface area contributed by atoms with Crippen molar-refractivity contribution in [2.75, 3.05) is 26.9 Å². The molecule has 1 aromatic carbocycles. The topological polar surface area (TPSA) is 43.4 Å². The molecule has 0 fully saturated rings. The summed E-state index contributed by atoms with van der Waals surface area (Å²) in [5, 5.41) is 4.53. The highest BCUT2D eigenvalue weighted by atomic mass is 16.5. The van der Waals surface area contributed by atoms with E-state index in [-0.39, 0.29) is 6.04 Å². The van der Waals surface area contributed by atoms with Gasteiger partial charge in [0, 0.05) is 24.8 Å².